The minimum atomic E-state index is 0.496. The molecule has 0 radical (unpaired) electrons. The Morgan fingerprint density at radius 2 is 2.43 bits per heavy atom. The van der Waals surface area contributed by atoms with E-state index >= 15 is 0 Å². The number of aryl methyl sites for hydroxylation is 1. The van der Waals surface area contributed by atoms with Crippen molar-refractivity contribution in [1.29, 1.82) is 0 Å². The lowest BCUT2D eigenvalue weighted by Gasteiger charge is -2.20. The van der Waals surface area contributed by atoms with Crippen LogP contribution >= 0.6 is 35.7 Å². The fourth-order valence-electron chi connectivity index (χ4n) is 1.40. The summed E-state index contributed by atoms with van der Waals surface area (Å²) in [7, 11) is 0. The van der Waals surface area contributed by atoms with Crippen LogP contribution in [0.5, 0.6) is 0 Å². The van der Waals surface area contributed by atoms with Crippen LogP contribution in [0.15, 0.2) is 6.07 Å². The number of H-pyrrole nitrogens is 1. The van der Waals surface area contributed by atoms with Gasteiger partial charge in [-0.25, -0.2) is 4.98 Å². The first-order chi connectivity index (χ1) is 6.75. The maximum atomic E-state index is 5.11. The zero-order chi connectivity index (χ0) is 9.97. The largest absolute Gasteiger partial charge is 0.346 e. The molecule has 1 N–H and O–H groups in total. The number of hydrogen-bond acceptors (Lipinski definition) is 4. The third-order valence-corrected chi connectivity index (χ3v) is 4.99. The van der Waals surface area contributed by atoms with Crippen LogP contribution < -0.4 is 0 Å². The van der Waals surface area contributed by atoms with E-state index in [0.717, 1.165) is 17.3 Å². The van der Waals surface area contributed by atoms with E-state index in [1.165, 1.54) is 11.5 Å². The lowest BCUT2D eigenvalue weighted by Crippen LogP contribution is -2.10. The predicted octanol–water partition coefficient (Wildman–Crippen LogP) is 2.97. The van der Waals surface area contributed by atoms with Crippen molar-refractivity contribution in [2.75, 3.05) is 17.3 Å². The number of thioether (sulfide) groups is 2. The summed E-state index contributed by atoms with van der Waals surface area (Å²) in [5.41, 5.74) is 1.11. The van der Waals surface area contributed by atoms with Gasteiger partial charge in [-0.05, 0) is 13.0 Å². The molecule has 1 fully saturated rings. The normalized spacial score (nSPS) is 22.2. The van der Waals surface area contributed by atoms with Crippen molar-refractivity contribution >= 4 is 35.7 Å². The van der Waals surface area contributed by atoms with Crippen molar-refractivity contribution in [2.24, 2.45) is 0 Å². The highest BCUT2D eigenvalue weighted by Gasteiger charge is 2.18. The van der Waals surface area contributed by atoms with Crippen LogP contribution in [0.1, 0.15) is 16.8 Å². The molecule has 0 bridgehead atoms. The summed E-state index contributed by atoms with van der Waals surface area (Å²) in [4.78, 5) is 7.69. The Kier molecular flexibility index (Phi) is 3.52. The third kappa shape index (κ3) is 2.52. The van der Waals surface area contributed by atoms with E-state index in [9.17, 15) is 0 Å². The van der Waals surface area contributed by atoms with Gasteiger partial charge in [0.05, 0.1) is 5.25 Å². The van der Waals surface area contributed by atoms with Crippen LogP contribution in [0.3, 0.4) is 0 Å². The summed E-state index contributed by atoms with van der Waals surface area (Å²) in [6.07, 6.45) is 0. The number of rotatable bonds is 1. The van der Waals surface area contributed by atoms with Crippen LogP contribution in [0.25, 0.3) is 0 Å². The average molecular weight is 244 g/mol. The number of aromatic amines is 1. The van der Waals surface area contributed by atoms with Crippen molar-refractivity contribution in [3.05, 3.63) is 22.2 Å². The SMILES string of the molecule is Cc1cc(=S)nc(C2CSCCS2)[nH]1. The van der Waals surface area contributed by atoms with Gasteiger partial charge in [-0.15, -0.1) is 11.8 Å². The van der Waals surface area contributed by atoms with E-state index in [1.807, 2.05) is 36.5 Å². The summed E-state index contributed by atoms with van der Waals surface area (Å²) in [5, 5.41) is 0.496. The number of hydrogen-bond donors (Lipinski definition) is 1. The smallest absolute Gasteiger partial charge is 0.130 e. The third-order valence-electron chi connectivity index (χ3n) is 2.02. The average Bonchev–Trinajstić information content (AvgIpc) is 2.18. The minimum Gasteiger partial charge on any atom is -0.346 e. The van der Waals surface area contributed by atoms with E-state index in [0.29, 0.717) is 9.89 Å². The molecule has 2 nitrogen and oxygen atoms in total. The highest BCUT2D eigenvalue weighted by Crippen LogP contribution is 2.34. The number of nitrogens with zero attached hydrogens (tertiary/aromatic N) is 1. The zero-order valence-electron chi connectivity index (χ0n) is 7.95. The Balaban J connectivity index is 2.26. The molecule has 1 aliphatic rings. The van der Waals surface area contributed by atoms with Crippen LogP contribution in [0.4, 0.5) is 0 Å². The van der Waals surface area contributed by atoms with Gasteiger partial charge in [0.1, 0.15) is 10.5 Å². The molecule has 1 saturated heterocycles. The maximum Gasteiger partial charge on any atom is 0.130 e. The second-order valence-electron chi connectivity index (χ2n) is 3.22. The van der Waals surface area contributed by atoms with Gasteiger partial charge in [0.25, 0.3) is 0 Å². The summed E-state index contributed by atoms with van der Waals surface area (Å²) in [6.45, 7) is 2.03. The summed E-state index contributed by atoms with van der Waals surface area (Å²) >= 11 is 9.08. The quantitative estimate of drug-likeness (QED) is 0.769. The standard InChI is InChI=1S/C9H12N2S3/c1-6-4-8(12)11-9(10-6)7-5-13-2-3-14-7/h4,7H,2-3,5H2,1H3,(H,10,11,12). The molecule has 2 rings (SSSR count). The number of aromatic nitrogens is 2. The summed E-state index contributed by atoms with van der Waals surface area (Å²) in [6, 6.07) is 1.90. The molecular weight excluding hydrogens is 232 g/mol. The van der Waals surface area contributed by atoms with Crippen LogP contribution in [-0.2, 0) is 0 Å². The Hall–Kier alpha value is -0.0000000000000000555. The van der Waals surface area contributed by atoms with Gasteiger partial charge in [0.2, 0.25) is 0 Å². The minimum absolute atomic E-state index is 0.496. The van der Waals surface area contributed by atoms with Crippen LogP contribution in [-0.4, -0.2) is 27.2 Å². The first kappa shape index (κ1) is 10.5. The van der Waals surface area contributed by atoms with Gasteiger partial charge in [-0.2, -0.15) is 11.8 Å². The fourth-order valence-corrected chi connectivity index (χ4v) is 4.30. The Labute approximate surface area is 97.3 Å². The van der Waals surface area contributed by atoms with Gasteiger partial charge in [-0.1, -0.05) is 12.2 Å². The fraction of sp³-hybridized carbons (Fsp3) is 0.556. The highest BCUT2D eigenvalue weighted by molar-refractivity contribution is 8.06. The Morgan fingerprint density at radius 1 is 1.57 bits per heavy atom. The molecule has 0 spiro atoms. The van der Waals surface area contributed by atoms with E-state index in [4.69, 9.17) is 12.2 Å². The summed E-state index contributed by atoms with van der Waals surface area (Å²) in [5.74, 6) is 4.67. The van der Waals surface area contributed by atoms with Crippen LogP contribution in [0.2, 0.25) is 0 Å². The lowest BCUT2D eigenvalue weighted by atomic mass is 10.4. The van der Waals surface area contributed by atoms with E-state index in [2.05, 4.69) is 9.97 Å². The maximum absolute atomic E-state index is 5.11. The molecule has 0 aromatic carbocycles. The molecule has 1 aromatic heterocycles. The molecule has 2 heterocycles. The topological polar surface area (TPSA) is 28.7 Å². The molecule has 5 heteroatoms. The van der Waals surface area contributed by atoms with E-state index in [1.54, 1.807) is 0 Å². The van der Waals surface area contributed by atoms with Gasteiger partial charge in [0, 0.05) is 23.0 Å². The van der Waals surface area contributed by atoms with Crippen molar-refractivity contribution in [2.45, 2.75) is 12.2 Å². The second kappa shape index (κ2) is 4.68. The molecule has 0 aliphatic carbocycles. The molecule has 14 heavy (non-hydrogen) atoms. The van der Waals surface area contributed by atoms with Crippen molar-refractivity contribution in [3.8, 4) is 0 Å². The summed E-state index contributed by atoms with van der Waals surface area (Å²) < 4.78 is 0.701. The van der Waals surface area contributed by atoms with Gasteiger partial charge >= 0.3 is 0 Å². The molecule has 1 aromatic rings. The highest BCUT2D eigenvalue weighted by atomic mass is 32.2. The molecule has 0 amide bonds. The van der Waals surface area contributed by atoms with Crippen molar-refractivity contribution in [3.63, 3.8) is 0 Å². The van der Waals surface area contributed by atoms with Crippen LogP contribution in [0, 0.1) is 11.6 Å². The molecule has 0 saturated carbocycles. The Bertz CT molecular complexity index is 369. The molecule has 1 unspecified atom stereocenters. The number of nitrogens with one attached hydrogen (secondary N) is 1. The predicted molar refractivity (Wildman–Crippen MR) is 66.7 cm³/mol. The molecule has 76 valence electrons. The van der Waals surface area contributed by atoms with E-state index < -0.39 is 0 Å². The monoisotopic (exact) mass is 244 g/mol. The van der Waals surface area contributed by atoms with Gasteiger partial charge in [0.15, 0.2) is 0 Å². The van der Waals surface area contributed by atoms with Crippen molar-refractivity contribution in [1.82, 2.24) is 9.97 Å². The van der Waals surface area contributed by atoms with Gasteiger partial charge < -0.3 is 4.98 Å². The van der Waals surface area contributed by atoms with Gasteiger partial charge in [-0.3, -0.25) is 0 Å². The first-order valence-corrected chi connectivity index (χ1v) is 7.14. The zero-order valence-corrected chi connectivity index (χ0v) is 10.4. The lowest BCUT2D eigenvalue weighted by molar-refractivity contribution is 0.897. The second-order valence-corrected chi connectivity index (χ2v) is 6.10. The molecule has 1 atom stereocenters. The molecule has 1 aliphatic heterocycles. The first-order valence-electron chi connectivity index (χ1n) is 4.53. The Morgan fingerprint density at radius 3 is 3.07 bits per heavy atom. The van der Waals surface area contributed by atoms with Crippen molar-refractivity contribution < 1.29 is 0 Å². The molecular formula is C9H12N2S3. The van der Waals surface area contributed by atoms with E-state index in [-0.39, 0.29) is 0 Å².